The Morgan fingerprint density at radius 3 is 1.73 bits per heavy atom. The van der Waals surface area contributed by atoms with Gasteiger partial charge in [-0.1, -0.05) is 30.3 Å². The number of pyridine rings is 1. The highest BCUT2D eigenvalue weighted by molar-refractivity contribution is 5.78. The Hall–Kier alpha value is -4.08. The van der Waals surface area contributed by atoms with Crippen LogP contribution in [0, 0.1) is 0 Å². The number of rotatable bonds is 4. The number of carboxylic acid groups (broad SMARTS) is 2. The molecule has 1 saturated heterocycles. The Bertz CT molecular complexity index is 997. The molecule has 0 spiro atoms. The molecule has 1 fully saturated rings. The van der Waals surface area contributed by atoms with Crippen LogP contribution in [-0.2, 0) is 16.1 Å². The monoisotopic (exact) mass is 538 g/mol. The highest BCUT2D eigenvalue weighted by Gasteiger charge is 2.38. The number of hydrogen-bond acceptors (Lipinski definition) is 6. The summed E-state index contributed by atoms with van der Waals surface area (Å²) in [6, 6.07) is 14.5. The zero-order valence-corrected chi connectivity index (χ0v) is 19.1. The SMILES string of the molecule is NC(N)=Nc1ccc(N2CCN(Cc3ccccc3)CC2)cn1.O=C(O)C(F)(F)F.O=C(O)C(F)(F)F. The predicted molar refractivity (Wildman–Crippen MR) is 121 cm³/mol. The van der Waals surface area contributed by atoms with Crippen molar-refractivity contribution in [3.8, 4) is 0 Å². The van der Waals surface area contributed by atoms with Gasteiger partial charge in [-0.05, 0) is 17.7 Å². The molecule has 0 aliphatic carbocycles. The Labute approximate surface area is 206 Å². The van der Waals surface area contributed by atoms with Crippen LogP contribution in [0.4, 0.5) is 37.8 Å². The maximum atomic E-state index is 10.6. The van der Waals surface area contributed by atoms with Crippen LogP contribution in [0.25, 0.3) is 0 Å². The van der Waals surface area contributed by atoms with Gasteiger partial charge in [0.05, 0.1) is 11.9 Å². The standard InChI is InChI=1S/C17H22N6.2C2HF3O2/c18-17(19)21-16-7-6-15(12-20-16)23-10-8-22(9-11-23)13-14-4-2-1-3-5-14;2*3-2(4,5)1(6)7/h1-7,12H,8-11,13H2,(H4,18,19,20,21);2*(H,6,7). The molecule has 1 aliphatic rings. The number of hydrogen-bond donors (Lipinski definition) is 4. The lowest BCUT2D eigenvalue weighted by atomic mass is 10.2. The maximum Gasteiger partial charge on any atom is 0.490 e. The first kappa shape index (κ1) is 31.0. The van der Waals surface area contributed by atoms with Gasteiger partial charge in [-0.25, -0.2) is 14.6 Å². The zero-order valence-electron chi connectivity index (χ0n) is 19.1. The molecular formula is C21H24F6N6O4. The van der Waals surface area contributed by atoms with E-state index in [4.69, 9.17) is 31.3 Å². The minimum Gasteiger partial charge on any atom is -0.475 e. The number of aliphatic carboxylic acids is 2. The fourth-order valence-electron chi connectivity index (χ4n) is 2.77. The summed E-state index contributed by atoms with van der Waals surface area (Å²) in [5, 5.41) is 14.2. The second kappa shape index (κ2) is 13.9. The van der Waals surface area contributed by atoms with E-state index < -0.39 is 24.3 Å². The quantitative estimate of drug-likeness (QED) is 0.261. The van der Waals surface area contributed by atoms with E-state index in [1.165, 1.54) is 5.56 Å². The van der Waals surface area contributed by atoms with Crippen molar-refractivity contribution >= 4 is 29.4 Å². The van der Waals surface area contributed by atoms with E-state index in [-0.39, 0.29) is 5.96 Å². The van der Waals surface area contributed by atoms with Crippen LogP contribution in [0.3, 0.4) is 0 Å². The topological polar surface area (TPSA) is 158 Å². The van der Waals surface area contributed by atoms with Gasteiger partial charge in [0.25, 0.3) is 0 Å². The van der Waals surface area contributed by atoms with Gasteiger partial charge in [-0.3, -0.25) is 4.90 Å². The van der Waals surface area contributed by atoms with E-state index in [2.05, 4.69) is 50.1 Å². The second-order valence-corrected chi connectivity index (χ2v) is 7.27. The van der Waals surface area contributed by atoms with Gasteiger partial charge in [-0.15, -0.1) is 0 Å². The molecule has 16 heteroatoms. The lowest BCUT2D eigenvalue weighted by molar-refractivity contribution is -0.193. The number of alkyl halides is 6. The summed E-state index contributed by atoms with van der Waals surface area (Å²) >= 11 is 0. The molecule has 0 radical (unpaired) electrons. The fraction of sp³-hybridized carbons (Fsp3) is 0.333. The molecule has 1 aromatic heterocycles. The van der Waals surface area contributed by atoms with Crippen LogP contribution in [-0.4, -0.2) is 76.5 Å². The van der Waals surface area contributed by atoms with Crippen LogP contribution in [0.2, 0.25) is 0 Å². The highest BCUT2D eigenvalue weighted by Crippen LogP contribution is 2.19. The van der Waals surface area contributed by atoms with E-state index in [9.17, 15) is 26.3 Å². The van der Waals surface area contributed by atoms with E-state index in [1.54, 1.807) is 0 Å². The molecule has 2 heterocycles. The van der Waals surface area contributed by atoms with Crippen LogP contribution in [0.1, 0.15) is 5.56 Å². The number of halogens is 6. The molecule has 204 valence electrons. The van der Waals surface area contributed by atoms with Gasteiger partial charge in [-0.2, -0.15) is 31.3 Å². The normalized spacial score (nSPS) is 13.8. The van der Waals surface area contributed by atoms with Crippen molar-refractivity contribution in [2.24, 2.45) is 16.5 Å². The molecule has 0 atom stereocenters. The molecule has 37 heavy (non-hydrogen) atoms. The van der Waals surface area contributed by atoms with Crippen molar-refractivity contribution in [3.05, 3.63) is 54.2 Å². The van der Waals surface area contributed by atoms with Gasteiger partial charge in [0.2, 0.25) is 0 Å². The lowest BCUT2D eigenvalue weighted by Gasteiger charge is -2.36. The van der Waals surface area contributed by atoms with E-state index >= 15 is 0 Å². The average molecular weight is 538 g/mol. The summed E-state index contributed by atoms with van der Waals surface area (Å²) in [6.07, 6.45) is -8.34. The first-order chi connectivity index (χ1) is 17.1. The third-order valence-corrected chi connectivity index (χ3v) is 4.45. The minimum atomic E-state index is -5.08. The molecule has 0 unspecified atom stereocenters. The van der Waals surface area contributed by atoms with Gasteiger partial charge >= 0.3 is 24.3 Å². The molecule has 0 bridgehead atoms. The van der Waals surface area contributed by atoms with Crippen molar-refractivity contribution in [2.45, 2.75) is 18.9 Å². The number of nitrogens with zero attached hydrogens (tertiary/aromatic N) is 4. The number of benzene rings is 1. The molecule has 1 aromatic carbocycles. The van der Waals surface area contributed by atoms with Crippen LogP contribution >= 0.6 is 0 Å². The van der Waals surface area contributed by atoms with Crippen molar-refractivity contribution in [1.82, 2.24) is 9.88 Å². The largest absolute Gasteiger partial charge is 0.490 e. The first-order valence-corrected chi connectivity index (χ1v) is 10.3. The molecule has 2 aromatic rings. The van der Waals surface area contributed by atoms with Crippen LogP contribution < -0.4 is 16.4 Å². The van der Waals surface area contributed by atoms with Gasteiger partial charge < -0.3 is 26.6 Å². The lowest BCUT2D eigenvalue weighted by Crippen LogP contribution is -2.46. The number of aromatic nitrogens is 1. The average Bonchev–Trinajstić information content (AvgIpc) is 2.80. The molecular weight excluding hydrogens is 514 g/mol. The summed E-state index contributed by atoms with van der Waals surface area (Å²) in [5.41, 5.74) is 13.2. The predicted octanol–water partition coefficient (Wildman–Crippen LogP) is 2.58. The zero-order chi connectivity index (χ0) is 28.2. The Balaban J connectivity index is 0.000000404. The molecule has 3 rings (SSSR count). The van der Waals surface area contributed by atoms with E-state index in [1.807, 2.05) is 18.3 Å². The van der Waals surface area contributed by atoms with E-state index in [0.29, 0.717) is 5.82 Å². The van der Waals surface area contributed by atoms with Crippen LogP contribution in [0.15, 0.2) is 53.7 Å². The summed E-state index contributed by atoms with van der Waals surface area (Å²) in [6.45, 7) is 5.10. The third-order valence-electron chi connectivity index (χ3n) is 4.45. The number of anilines is 1. The smallest absolute Gasteiger partial charge is 0.475 e. The molecule has 0 amide bonds. The Morgan fingerprint density at radius 1 is 0.865 bits per heavy atom. The van der Waals surface area contributed by atoms with Crippen molar-refractivity contribution < 1.29 is 46.1 Å². The first-order valence-electron chi connectivity index (χ1n) is 10.3. The van der Waals surface area contributed by atoms with Gasteiger partial charge in [0.15, 0.2) is 11.8 Å². The number of carbonyl (C=O) groups is 2. The molecule has 0 saturated carbocycles. The Morgan fingerprint density at radius 2 is 1.35 bits per heavy atom. The van der Waals surface area contributed by atoms with Crippen LogP contribution in [0.5, 0.6) is 0 Å². The molecule has 10 nitrogen and oxygen atoms in total. The van der Waals surface area contributed by atoms with Gasteiger partial charge in [0.1, 0.15) is 0 Å². The minimum absolute atomic E-state index is 0.0276. The highest BCUT2D eigenvalue weighted by atomic mass is 19.4. The van der Waals surface area contributed by atoms with Crippen molar-refractivity contribution in [2.75, 3.05) is 31.1 Å². The van der Waals surface area contributed by atoms with Crippen molar-refractivity contribution in [3.63, 3.8) is 0 Å². The summed E-state index contributed by atoms with van der Waals surface area (Å²) in [7, 11) is 0. The Kier molecular flexibility index (Phi) is 11.6. The number of nitrogens with two attached hydrogens (primary N) is 2. The van der Waals surface area contributed by atoms with Gasteiger partial charge in [0, 0.05) is 32.7 Å². The summed E-state index contributed by atoms with van der Waals surface area (Å²) < 4.78 is 63.5. The maximum absolute atomic E-state index is 10.6. The second-order valence-electron chi connectivity index (χ2n) is 7.27. The third kappa shape index (κ3) is 12.4. The number of guanidine groups is 1. The van der Waals surface area contributed by atoms with E-state index in [0.717, 1.165) is 38.4 Å². The number of aliphatic imine (C=N–C) groups is 1. The number of carboxylic acids is 2. The summed E-state index contributed by atoms with van der Waals surface area (Å²) in [5.74, 6) is -4.95. The fourth-order valence-corrected chi connectivity index (χ4v) is 2.77. The summed E-state index contributed by atoms with van der Waals surface area (Å²) in [4.78, 5) is 30.8. The molecule has 6 N–H and O–H groups in total. The molecule has 1 aliphatic heterocycles. The number of piperazine rings is 1. The van der Waals surface area contributed by atoms with Crippen molar-refractivity contribution in [1.29, 1.82) is 0 Å².